The fraction of sp³-hybridized carbons (Fsp3) is 0.267. The normalized spacial score (nSPS) is 17.4. The molecule has 5 aromatic rings. The van der Waals surface area contributed by atoms with Gasteiger partial charge in [-0.25, -0.2) is 4.39 Å². The third-order valence-electron chi connectivity index (χ3n) is 7.81. The monoisotopic (exact) mass is 511 g/mol. The molecule has 3 aromatic carbocycles. The van der Waals surface area contributed by atoms with E-state index in [1.165, 1.54) is 34.3 Å². The number of hydrogen-bond donors (Lipinski definition) is 2. The van der Waals surface area contributed by atoms with Gasteiger partial charge in [0.25, 0.3) is 5.56 Å². The first-order valence-electron chi connectivity index (χ1n) is 12.9. The van der Waals surface area contributed by atoms with Crippen LogP contribution in [0.2, 0.25) is 0 Å². The highest BCUT2D eigenvalue weighted by Gasteiger charge is 2.29. The van der Waals surface area contributed by atoms with E-state index in [-0.39, 0.29) is 22.9 Å². The van der Waals surface area contributed by atoms with Gasteiger partial charge in [0.2, 0.25) is 5.43 Å². The molecule has 7 heteroatoms. The van der Waals surface area contributed by atoms with Crippen LogP contribution < -0.4 is 16.3 Å². The number of aryl methyl sites for hydroxylation is 1. The quantitative estimate of drug-likeness (QED) is 0.310. The van der Waals surface area contributed by atoms with Gasteiger partial charge in [0.15, 0.2) is 0 Å². The van der Waals surface area contributed by atoms with Gasteiger partial charge >= 0.3 is 0 Å². The first kappa shape index (κ1) is 22.6. The Kier molecular flexibility index (Phi) is 5.37. The number of pyridine rings is 1. The Bertz CT molecular complexity index is 1780. The van der Waals surface area contributed by atoms with Gasteiger partial charge in [0, 0.05) is 23.0 Å². The topological polar surface area (TPSA) is 66.9 Å². The average molecular weight is 512 g/mol. The second kappa shape index (κ2) is 8.78. The number of benzene rings is 3. The van der Waals surface area contributed by atoms with Crippen molar-refractivity contribution in [3.8, 4) is 11.1 Å². The van der Waals surface area contributed by atoms with Crippen molar-refractivity contribution in [2.45, 2.75) is 44.2 Å². The predicted octanol–water partition coefficient (Wildman–Crippen LogP) is 5.87. The van der Waals surface area contributed by atoms with Crippen molar-refractivity contribution in [1.82, 2.24) is 14.3 Å². The molecule has 1 saturated carbocycles. The zero-order chi connectivity index (χ0) is 25.1. The molecule has 0 radical (unpaired) electrons. The summed E-state index contributed by atoms with van der Waals surface area (Å²) >= 11 is 1.19. The molecule has 186 valence electrons. The largest absolute Gasteiger partial charge is 0.328 e. The molecule has 2 aliphatic rings. The number of rotatable bonds is 5. The van der Waals surface area contributed by atoms with Gasteiger partial charge in [0.1, 0.15) is 16.0 Å². The number of nitrogens with one attached hydrogen (secondary N) is 2. The maximum absolute atomic E-state index is 15.5. The minimum Gasteiger partial charge on any atom is -0.328 e. The first-order chi connectivity index (χ1) is 18.1. The molecule has 37 heavy (non-hydrogen) atoms. The van der Waals surface area contributed by atoms with Crippen LogP contribution in [0.15, 0.2) is 70.3 Å². The van der Waals surface area contributed by atoms with Crippen molar-refractivity contribution >= 4 is 32.7 Å². The molecule has 5 nitrogen and oxygen atoms in total. The molecule has 0 bridgehead atoms. The third-order valence-corrected chi connectivity index (χ3v) is 8.69. The van der Waals surface area contributed by atoms with Crippen LogP contribution in [0.1, 0.15) is 48.0 Å². The van der Waals surface area contributed by atoms with E-state index in [9.17, 15) is 9.59 Å². The molecule has 1 unspecified atom stereocenters. The number of aromatic nitrogens is 2. The summed E-state index contributed by atoms with van der Waals surface area (Å²) in [5.74, 6) is -0.438. The highest BCUT2D eigenvalue weighted by atomic mass is 32.1. The SMILES string of the molecule is O=c1[nH]sc2c1c(=O)c1cc(F)c(-c3ccc4c(c3)CCNC4CCc3ccccc3)cc1n2C1CC1. The van der Waals surface area contributed by atoms with Crippen LogP contribution in [-0.2, 0) is 12.8 Å². The average Bonchev–Trinajstić information content (AvgIpc) is 3.69. The van der Waals surface area contributed by atoms with Crippen LogP contribution in [0.4, 0.5) is 4.39 Å². The summed E-state index contributed by atoms with van der Waals surface area (Å²) in [5.41, 5.74) is 5.07. The highest BCUT2D eigenvalue weighted by molar-refractivity contribution is 7.12. The Hall–Kier alpha value is -3.55. The summed E-state index contributed by atoms with van der Waals surface area (Å²) in [4.78, 5) is 26.2. The molecule has 7 rings (SSSR count). The van der Waals surface area contributed by atoms with Gasteiger partial charge < -0.3 is 9.88 Å². The summed E-state index contributed by atoms with van der Waals surface area (Å²) in [6.07, 6.45) is 4.87. The van der Waals surface area contributed by atoms with E-state index in [4.69, 9.17) is 0 Å². The van der Waals surface area contributed by atoms with E-state index in [1.807, 2.05) is 18.2 Å². The van der Waals surface area contributed by atoms with Crippen molar-refractivity contribution in [2.75, 3.05) is 6.54 Å². The lowest BCUT2D eigenvalue weighted by molar-refractivity contribution is 0.476. The van der Waals surface area contributed by atoms with Crippen LogP contribution in [0.5, 0.6) is 0 Å². The summed E-state index contributed by atoms with van der Waals surface area (Å²) in [7, 11) is 0. The van der Waals surface area contributed by atoms with Crippen molar-refractivity contribution in [3.63, 3.8) is 0 Å². The summed E-state index contributed by atoms with van der Waals surface area (Å²) < 4.78 is 20.3. The molecule has 1 aliphatic carbocycles. The minimum atomic E-state index is -0.438. The lowest BCUT2D eigenvalue weighted by Crippen LogP contribution is -2.30. The number of hydrogen-bond acceptors (Lipinski definition) is 4. The molecule has 3 heterocycles. The fourth-order valence-electron chi connectivity index (χ4n) is 5.80. The van der Waals surface area contributed by atoms with Gasteiger partial charge in [-0.05, 0) is 84.6 Å². The summed E-state index contributed by atoms with van der Waals surface area (Å²) in [6.45, 7) is 0.891. The lowest BCUT2D eigenvalue weighted by atomic mass is 9.88. The van der Waals surface area contributed by atoms with Gasteiger partial charge in [-0.1, -0.05) is 48.5 Å². The van der Waals surface area contributed by atoms with Gasteiger partial charge in [-0.15, -0.1) is 0 Å². The van der Waals surface area contributed by atoms with E-state index in [1.54, 1.807) is 0 Å². The Morgan fingerprint density at radius 3 is 2.68 bits per heavy atom. The molecule has 1 aliphatic heterocycles. The van der Waals surface area contributed by atoms with Crippen LogP contribution in [0, 0.1) is 5.82 Å². The van der Waals surface area contributed by atoms with E-state index in [0.717, 1.165) is 44.2 Å². The molecule has 0 spiro atoms. The molecular formula is C30H26FN3O2S. The van der Waals surface area contributed by atoms with Gasteiger partial charge in [-0.3, -0.25) is 14.0 Å². The second-order valence-electron chi connectivity index (χ2n) is 10.2. The lowest BCUT2D eigenvalue weighted by Gasteiger charge is -2.28. The zero-order valence-corrected chi connectivity index (χ0v) is 21.0. The molecule has 0 amide bonds. The van der Waals surface area contributed by atoms with Crippen LogP contribution in [-0.4, -0.2) is 15.5 Å². The molecule has 2 aromatic heterocycles. The molecule has 2 N–H and O–H groups in total. The fourth-order valence-corrected chi connectivity index (χ4v) is 6.73. The number of nitrogens with zero attached hydrogens (tertiary/aromatic N) is 1. The Balaban J connectivity index is 1.30. The van der Waals surface area contributed by atoms with Crippen LogP contribution in [0.25, 0.3) is 32.2 Å². The number of fused-ring (bicyclic) bond motifs is 3. The van der Waals surface area contributed by atoms with E-state index in [0.29, 0.717) is 15.9 Å². The van der Waals surface area contributed by atoms with Crippen molar-refractivity contribution in [2.24, 2.45) is 0 Å². The third kappa shape index (κ3) is 3.85. The molecule has 1 atom stereocenters. The predicted molar refractivity (Wildman–Crippen MR) is 147 cm³/mol. The van der Waals surface area contributed by atoms with Crippen LogP contribution in [0.3, 0.4) is 0 Å². The van der Waals surface area contributed by atoms with Gasteiger partial charge in [0.05, 0.1) is 5.52 Å². The number of H-pyrrole nitrogens is 1. The van der Waals surface area contributed by atoms with Crippen molar-refractivity contribution in [1.29, 1.82) is 0 Å². The zero-order valence-electron chi connectivity index (χ0n) is 20.2. The standard InChI is InChI=1S/C30H26FN3O2S/c31-24-15-23-26(34(20-8-9-20)30-27(28(23)35)29(36)33-37-30)16-22(24)18-7-10-21-19(14-18)12-13-32-25(21)11-6-17-4-2-1-3-5-17/h1-5,7,10,14-16,20,25,32H,6,8-9,11-13H2,(H,33,36). The highest BCUT2D eigenvalue weighted by Crippen LogP contribution is 2.41. The van der Waals surface area contributed by atoms with Crippen molar-refractivity contribution in [3.05, 3.63) is 104 Å². The van der Waals surface area contributed by atoms with E-state index >= 15 is 4.39 Å². The van der Waals surface area contributed by atoms with E-state index < -0.39 is 16.8 Å². The van der Waals surface area contributed by atoms with Crippen LogP contribution >= 0.6 is 11.5 Å². The molecule has 1 fully saturated rings. The Morgan fingerprint density at radius 2 is 1.86 bits per heavy atom. The van der Waals surface area contributed by atoms with Gasteiger partial charge in [-0.2, -0.15) is 0 Å². The first-order valence-corrected chi connectivity index (χ1v) is 13.7. The second-order valence-corrected chi connectivity index (χ2v) is 11.0. The smallest absolute Gasteiger partial charge is 0.271 e. The van der Waals surface area contributed by atoms with E-state index in [2.05, 4.69) is 50.7 Å². The summed E-state index contributed by atoms with van der Waals surface area (Å²) in [5, 5.41) is 4.06. The Labute approximate surface area is 216 Å². The Morgan fingerprint density at radius 1 is 1.03 bits per heavy atom. The number of aromatic amines is 1. The maximum Gasteiger partial charge on any atom is 0.271 e. The summed E-state index contributed by atoms with van der Waals surface area (Å²) in [6, 6.07) is 20.4. The molecular weight excluding hydrogens is 485 g/mol. The minimum absolute atomic E-state index is 0.138. The number of halogens is 1. The molecule has 0 saturated heterocycles. The van der Waals surface area contributed by atoms with Crippen molar-refractivity contribution < 1.29 is 4.39 Å². The maximum atomic E-state index is 15.5.